The quantitative estimate of drug-likeness (QED) is 0.771. The summed E-state index contributed by atoms with van der Waals surface area (Å²) in [5.41, 5.74) is 1.01. The number of sulfonamides is 1. The summed E-state index contributed by atoms with van der Waals surface area (Å²) in [6.45, 7) is 2.97. The molecule has 3 rings (SSSR count). The van der Waals surface area contributed by atoms with Crippen LogP contribution in [0.1, 0.15) is 50.5 Å². The zero-order valence-corrected chi connectivity index (χ0v) is 16.8. The number of aryl methyl sites for hydroxylation is 1. The molecular weight excluding hydrogens is 364 g/mol. The molecule has 0 spiro atoms. The molecule has 1 aromatic carbocycles. The van der Waals surface area contributed by atoms with Gasteiger partial charge in [-0.05, 0) is 44.7 Å². The van der Waals surface area contributed by atoms with E-state index in [9.17, 15) is 13.2 Å². The summed E-state index contributed by atoms with van der Waals surface area (Å²) >= 11 is 0. The first-order chi connectivity index (χ1) is 13.0. The van der Waals surface area contributed by atoms with Crippen molar-refractivity contribution < 1.29 is 17.9 Å². The molecule has 1 aromatic rings. The summed E-state index contributed by atoms with van der Waals surface area (Å²) in [6.07, 6.45) is 6.74. The van der Waals surface area contributed by atoms with Crippen LogP contribution < -0.4 is 5.32 Å². The standard InChI is InChI=1S/C20H30N2O4S/c1-16-9-11-19(12-10-16)27(24,25)22(17-6-3-2-4-7-17)15-20(23)21-14-18-8-5-13-26-18/h9-12,17-18H,2-8,13-15H2,1H3,(H,21,23)/t18-/m1/s1. The summed E-state index contributed by atoms with van der Waals surface area (Å²) < 4.78 is 33.5. The number of rotatable bonds is 7. The number of amides is 1. The fourth-order valence-corrected chi connectivity index (χ4v) is 5.50. The lowest BCUT2D eigenvalue weighted by molar-refractivity contribution is -0.122. The van der Waals surface area contributed by atoms with Gasteiger partial charge in [0.2, 0.25) is 15.9 Å². The van der Waals surface area contributed by atoms with E-state index < -0.39 is 10.0 Å². The van der Waals surface area contributed by atoms with Crippen molar-refractivity contribution in [2.75, 3.05) is 19.7 Å². The zero-order chi connectivity index (χ0) is 19.3. The highest BCUT2D eigenvalue weighted by atomic mass is 32.2. The molecule has 1 saturated carbocycles. The molecule has 2 fully saturated rings. The fraction of sp³-hybridized carbons (Fsp3) is 0.650. The van der Waals surface area contributed by atoms with Gasteiger partial charge < -0.3 is 10.1 Å². The van der Waals surface area contributed by atoms with Crippen LogP contribution in [0.5, 0.6) is 0 Å². The SMILES string of the molecule is Cc1ccc(S(=O)(=O)N(CC(=O)NC[C@H]2CCCO2)C2CCCCC2)cc1. The summed E-state index contributed by atoms with van der Waals surface area (Å²) in [6, 6.07) is 6.74. The van der Waals surface area contributed by atoms with Gasteiger partial charge in [-0.25, -0.2) is 8.42 Å². The number of hydrogen-bond donors (Lipinski definition) is 1. The summed E-state index contributed by atoms with van der Waals surface area (Å²) in [7, 11) is -3.71. The van der Waals surface area contributed by atoms with Crippen LogP contribution in [0.2, 0.25) is 0 Å². The molecule has 1 aliphatic heterocycles. The predicted octanol–water partition coefficient (Wildman–Crippen LogP) is 2.61. The van der Waals surface area contributed by atoms with Gasteiger partial charge in [0.1, 0.15) is 0 Å². The number of ether oxygens (including phenoxy) is 1. The van der Waals surface area contributed by atoms with Gasteiger partial charge in [0, 0.05) is 19.2 Å². The lowest BCUT2D eigenvalue weighted by Crippen LogP contribution is -2.47. The van der Waals surface area contributed by atoms with Crippen LogP contribution in [0.4, 0.5) is 0 Å². The van der Waals surface area contributed by atoms with E-state index >= 15 is 0 Å². The Morgan fingerprint density at radius 1 is 1.11 bits per heavy atom. The molecule has 1 atom stereocenters. The van der Waals surface area contributed by atoms with Gasteiger partial charge in [-0.15, -0.1) is 0 Å². The third-order valence-corrected chi connectivity index (χ3v) is 7.37. The van der Waals surface area contributed by atoms with Gasteiger partial charge in [0.15, 0.2) is 0 Å². The number of benzene rings is 1. The second-order valence-electron chi connectivity index (χ2n) is 7.59. The van der Waals surface area contributed by atoms with E-state index in [1.54, 1.807) is 24.3 Å². The van der Waals surface area contributed by atoms with Gasteiger partial charge in [-0.3, -0.25) is 4.79 Å². The third-order valence-electron chi connectivity index (χ3n) is 5.46. The van der Waals surface area contributed by atoms with Crippen molar-refractivity contribution in [2.45, 2.75) is 68.9 Å². The smallest absolute Gasteiger partial charge is 0.243 e. The average Bonchev–Trinajstić information content (AvgIpc) is 3.19. The van der Waals surface area contributed by atoms with Gasteiger partial charge >= 0.3 is 0 Å². The van der Waals surface area contributed by atoms with Gasteiger partial charge in [-0.1, -0.05) is 37.0 Å². The van der Waals surface area contributed by atoms with Crippen molar-refractivity contribution in [1.82, 2.24) is 9.62 Å². The second-order valence-corrected chi connectivity index (χ2v) is 9.48. The van der Waals surface area contributed by atoms with Crippen LogP contribution in [0.3, 0.4) is 0 Å². The zero-order valence-electron chi connectivity index (χ0n) is 16.0. The molecule has 1 aliphatic carbocycles. The van der Waals surface area contributed by atoms with E-state index in [0.29, 0.717) is 6.54 Å². The molecule has 1 N–H and O–H groups in total. The van der Waals surface area contributed by atoms with Crippen molar-refractivity contribution in [3.8, 4) is 0 Å². The van der Waals surface area contributed by atoms with E-state index in [1.807, 2.05) is 6.92 Å². The molecule has 1 amide bonds. The fourth-order valence-electron chi connectivity index (χ4n) is 3.86. The molecule has 150 valence electrons. The molecule has 2 aliphatic rings. The Morgan fingerprint density at radius 2 is 1.81 bits per heavy atom. The first-order valence-electron chi connectivity index (χ1n) is 9.93. The molecule has 1 heterocycles. The largest absolute Gasteiger partial charge is 0.376 e. The van der Waals surface area contributed by atoms with Crippen LogP contribution in [0.25, 0.3) is 0 Å². The maximum absolute atomic E-state index is 13.3. The number of carbonyl (C=O) groups excluding carboxylic acids is 1. The van der Waals surface area contributed by atoms with Crippen LogP contribution in [0.15, 0.2) is 29.2 Å². The Morgan fingerprint density at radius 3 is 2.44 bits per heavy atom. The maximum Gasteiger partial charge on any atom is 0.243 e. The van der Waals surface area contributed by atoms with E-state index in [4.69, 9.17) is 4.74 Å². The Balaban J connectivity index is 1.73. The Kier molecular flexibility index (Phi) is 6.89. The van der Waals surface area contributed by atoms with Crippen molar-refractivity contribution >= 4 is 15.9 Å². The highest BCUT2D eigenvalue weighted by Crippen LogP contribution is 2.27. The van der Waals surface area contributed by atoms with E-state index in [-0.39, 0.29) is 29.5 Å². The predicted molar refractivity (Wildman–Crippen MR) is 104 cm³/mol. The summed E-state index contributed by atoms with van der Waals surface area (Å²) in [5.74, 6) is -0.258. The molecule has 0 radical (unpaired) electrons. The highest BCUT2D eigenvalue weighted by molar-refractivity contribution is 7.89. The molecule has 0 aromatic heterocycles. The van der Waals surface area contributed by atoms with Crippen molar-refractivity contribution in [2.24, 2.45) is 0 Å². The maximum atomic E-state index is 13.3. The van der Waals surface area contributed by atoms with Crippen LogP contribution >= 0.6 is 0 Å². The summed E-state index contributed by atoms with van der Waals surface area (Å²) in [5, 5.41) is 2.86. The van der Waals surface area contributed by atoms with Crippen LogP contribution in [-0.4, -0.2) is 50.5 Å². The minimum Gasteiger partial charge on any atom is -0.376 e. The number of hydrogen-bond acceptors (Lipinski definition) is 4. The van der Waals surface area contributed by atoms with Gasteiger partial charge in [0.25, 0.3) is 0 Å². The summed E-state index contributed by atoms with van der Waals surface area (Å²) in [4.78, 5) is 12.8. The first-order valence-corrected chi connectivity index (χ1v) is 11.4. The van der Waals surface area contributed by atoms with Gasteiger partial charge in [-0.2, -0.15) is 4.31 Å². The number of nitrogens with one attached hydrogen (secondary N) is 1. The molecule has 0 bridgehead atoms. The molecule has 7 heteroatoms. The first kappa shape index (κ1) is 20.3. The van der Waals surface area contributed by atoms with Crippen LogP contribution in [0, 0.1) is 6.92 Å². The third kappa shape index (κ3) is 5.30. The number of carbonyl (C=O) groups is 1. The van der Waals surface area contributed by atoms with Crippen molar-refractivity contribution in [3.05, 3.63) is 29.8 Å². The molecule has 27 heavy (non-hydrogen) atoms. The van der Waals surface area contributed by atoms with Gasteiger partial charge in [0.05, 0.1) is 17.5 Å². The Hall–Kier alpha value is -1.44. The molecule has 0 unspecified atom stereocenters. The van der Waals surface area contributed by atoms with Crippen LogP contribution in [-0.2, 0) is 19.6 Å². The molecule has 1 saturated heterocycles. The lowest BCUT2D eigenvalue weighted by atomic mass is 9.95. The van der Waals surface area contributed by atoms with Crippen molar-refractivity contribution in [3.63, 3.8) is 0 Å². The highest BCUT2D eigenvalue weighted by Gasteiger charge is 2.34. The second kappa shape index (κ2) is 9.17. The molecule has 6 nitrogen and oxygen atoms in total. The van der Waals surface area contributed by atoms with E-state index in [0.717, 1.165) is 57.1 Å². The Labute approximate surface area is 162 Å². The Bertz CT molecular complexity index is 721. The van der Waals surface area contributed by atoms with E-state index in [1.165, 1.54) is 4.31 Å². The minimum atomic E-state index is -3.71. The number of nitrogens with zero attached hydrogens (tertiary/aromatic N) is 1. The monoisotopic (exact) mass is 394 g/mol. The molecular formula is C20H30N2O4S. The normalized spacial score (nSPS) is 21.5. The van der Waals surface area contributed by atoms with Crippen molar-refractivity contribution in [1.29, 1.82) is 0 Å². The topological polar surface area (TPSA) is 75.7 Å². The minimum absolute atomic E-state index is 0.0470. The lowest BCUT2D eigenvalue weighted by Gasteiger charge is -2.33. The average molecular weight is 395 g/mol. The van der Waals surface area contributed by atoms with E-state index in [2.05, 4.69) is 5.32 Å².